The lowest BCUT2D eigenvalue weighted by Gasteiger charge is -2.41. The molecule has 1 aliphatic rings. The Morgan fingerprint density at radius 2 is 2.10 bits per heavy atom. The summed E-state index contributed by atoms with van der Waals surface area (Å²) in [4.78, 5) is 25.1. The van der Waals surface area contributed by atoms with Crippen LogP contribution in [-0.4, -0.2) is 63.0 Å². The first kappa shape index (κ1) is 20.8. The highest BCUT2D eigenvalue weighted by molar-refractivity contribution is 5.91. The van der Waals surface area contributed by atoms with Crippen LogP contribution in [-0.2, 0) is 7.05 Å². The van der Waals surface area contributed by atoms with Crippen molar-refractivity contribution in [1.29, 1.82) is 0 Å². The fraction of sp³-hybridized carbons (Fsp3) is 0.400. The van der Waals surface area contributed by atoms with Crippen LogP contribution in [0.25, 0.3) is 11.0 Å². The molecule has 1 N–H and O–H groups in total. The standard InChI is InChI=1S/C20H23F2N7O2/c1-12-11-28(20(30)26-15-4-5-17(25-13(15)2)31-19(21)22)8-9-29(12)16-6-7-23-18-14(16)10-24-27(18)3/h4-7,10,12,19H,8-9,11H2,1-3H3,(H,26,30). The predicted molar refractivity (Wildman–Crippen MR) is 112 cm³/mol. The number of aromatic nitrogens is 4. The Bertz CT molecular complexity index is 1100. The molecule has 2 amide bonds. The molecule has 31 heavy (non-hydrogen) atoms. The number of ether oxygens (including phenoxy) is 1. The lowest BCUT2D eigenvalue weighted by molar-refractivity contribution is -0.0529. The molecule has 0 bridgehead atoms. The summed E-state index contributed by atoms with van der Waals surface area (Å²) in [7, 11) is 1.85. The zero-order valence-electron chi connectivity index (χ0n) is 17.4. The summed E-state index contributed by atoms with van der Waals surface area (Å²) >= 11 is 0. The van der Waals surface area contributed by atoms with E-state index in [0.717, 1.165) is 16.7 Å². The first-order chi connectivity index (χ1) is 14.8. The van der Waals surface area contributed by atoms with Crippen molar-refractivity contribution >= 4 is 28.4 Å². The van der Waals surface area contributed by atoms with Gasteiger partial charge in [-0.15, -0.1) is 0 Å². The van der Waals surface area contributed by atoms with E-state index in [4.69, 9.17) is 0 Å². The molecular weight excluding hydrogens is 408 g/mol. The molecule has 1 aliphatic heterocycles. The molecule has 0 saturated carbocycles. The number of urea groups is 1. The van der Waals surface area contributed by atoms with Crippen LogP contribution in [0.5, 0.6) is 5.88 Å². The van der Waals surface area contributed by atoms with Gasteiger partial charge in [-0.1, -0.05) is 0 Å². The molecule has 4 heterocycles. The molecule has 4 rings (SSSR count). The topological polar surface area (TPSA) is 88.4 Å². The average molecular weight is 431 g/mol. The molecule has 3 aromatic rings. The number of hydrogen-bond donors (Lipinski definition) is 1. The Morgan fingerprint density at radius 3 is 2.81 bits per heavy atom. The number of piperazine rings is 1. The molecule has 1 fully saturated rings. The molecule has 0 aromatic carbocycles. The Hall–Kier alpha value is -3.50. The van der Waals surface area contributed by atoms with Gasteiger partial charge in [-0.05, 0) is 26.0 Å². The van der Waals surface area contributed by atoms with Gasteiger partial charge in [0.25, 0.3) is 0 Å². The van der Waals surface area contributed by atoms with Crippen molar-refractivity contribution in [3.8, 4) is 5.88 Å². The molecule has 9 nitrogen and oxygen atoms in total. The van der Waals surface area contributed by atoms with Gasteiger partial charge in [0.1, 0.15) is 0 Å². The maximum Gasteiger partial charge on any atom is 0.388 e. The normalized spacial score (nSPS) is 16.8. The first-order valence-electron chi connectivity index (χ1n) is 9.85. The molecule has 1 atom stereocenters. The van der Waals surface area contributed by atoms with Crippen LogP contribution >= 0.6 is 0 Å². The minimum atomic E-state index is -2.95. The Kier molecular flexibility index (Phi) is 5.57. The van der Waals surface area contributed by atoms with E-state index in [2.05, 4.69) is 36.9 Å². The van der Waals surface area contributed by atoms with E-state index in [1.54, 1.807) is 28.9 Å². The molecule has 3 aromatic heterocycles. The van der Waals surface area contributed by atoms with Crippen LogP contribution in [0.2, 0.25) is 0 Å². The number of amides is 2. The summed E-state index contributed by atoms with van der Waals surface area (Å²) < 4.78 is 30.7. The van der Waals surface area contributed by atoms with E-state index < -0.39 is 6.61 Å². The van der Waals surface area contributed by atoms with Gasteiger partial charge in [0.05, 0.1) is 28.7 Å². The minimum absolute atomic E-state index is 0.0753. The monoisotopic (exact) mass is 431 g/mol. The fourth-order valence-electron chi connectivity index (χ4n) is 3.80. The van der Waals surface area contributed by atoms with Crippen molar-refractivity contribution in [2.24, 2.45) is 7.05 Å². The Morgan fingerprint density at radius 1 is 1.29 bits per heavy atom. The molecule has 164 valence electrons. The first-order valence-corrected chi connectivity index (χ1v) is 9.85. The van der Waals surface area contributed by atoms with Crippen molar-refractivity contribution in [2.75, 3.05) is 29.9 Å². The quantitative estimate of drug-likeness (QED) is 0.683. The van der Waals surface area contributed by atoms with Crippen molar-refractivity contribution in [3.63, 3.8) is 0 Å². The molecule has 11 heteroatoms. The number of rotatable bonds is 4. The molecule has 0 radical (unpaired) electrons. The van der Waals surface area contributed by atoms with E-state index in [-0.39, 0.29) is 18.0 Å². The number of halogens is 2. The second-order valence-electron chi connectivity index (χ2n) is 7.42. The minimum Gasteiger partial charge on any atom is -0.417 e. The molecule has 1 unspecified atom stereocenters. The SMILES string of the molecule is Cc1nc(OC(F)F)ccc1NC(=O)N1CCN(c2ccnc3c2cnn3C)C(C)C1. The number of pyridine rings is 2. The van der Waals surface area contributed by atoms with Crippen LogP contribution in [0.3, 0.4) is 0 Å². The Labute approximate surface area is 177 Å². The van der Waals surface area contributed by atoms with E-state index in [0.29, 0.717) is 31.0 Å². The van der Waals surface area contributed by atoms with Gasteiger partial charge in [-0.25, -0.2) is 14.8 Å². The summed E-state index contributed by atoms with van der Waals surface area (Å²) in [5, 5.41) is 8.08. The predicted octanol–water partition coefficient (Wildman–Crippen LogP) is 3.02. The number of alkyl halides is 2. The van der Waals surface area contributed by atoms with Crippen molar-refractivity contribution in [3.05, 3.63) is 36.3 Å². The number of nitrogens with zero attached hydrogens (tertiary/aromatic N) is 6. The number of carbonyl (C=O) groups excluding carboxylic acids is 1. The second-order valence-corrected chi connectivity index (χ2v) is 7.42. The lowest BCUT2D eigenvalue weighted by atomic mass is 10.1. The lowest BCUT2D eigenvalue weighted by Crippen LogP contribution is -2.54. The van der Waals surface area contributed by atoms with Crippen molar-refractivity contribution in [2.45, 2.75) is 26.5 Å². The fourth-order valence-corrected chi connectivity index (χ4v) is 3.80. The summed E-state index contributed by atoms with van der Waals surface area (Å²) in [5.41, 5.74) is 2.70. The smallest absolute Gasteiger partial charge is 0.388 e. The summed E-state index contributed by atoms with van der Waals surface area (Å²) in [5.74, 6) is -0.188. The van der Waals surface area contributed by atoms with E-state index >= 15 is 0 Å². The summed E-state index contributed by atoms with van der Waals surface area (Å²) in [6, 6.07) is 4.59. The zero-order chi connectivity index (χ0) is 22.1. The third-order valence-electron chi connectivity index (χ3n) is 5.35. The van der Waals surface area contributed by atoms with Crippen LogP contribution < -0.4 is 15.0 Å². The second kappa shape index (κ2) is 8.32. The van der Waals surface area contributed by atoms with Gasteiger partial charge in [-0.2, -0.15) is 13.9 Å². The average Bonchev–Trinajstić information content (AvgIpc) is 3.11. The highest BCUT2D eigenvalue weighted by Crippen LogP contribution is 2.28. The van der Waals surface area contributed by atoms with E-state index in [1.807, 2.05) is 13.1 Å². The summed E-state index contributed by atoms with van der Waals surface area (Å²) in [6.07, 6.45) is 3.57. The van der Waals surface area contributed by atoms with Crippen LogP contribution in [0.15, 0.2) is 30.6 Å². The highest BCUT2D eigenvalue weighted by Gasteiger charge is 2.28. The highest BCUT2D eigenvalue weighted by atomic mass is 19.3. The number of anilines is 2. The largest absolute Gasteiger partial charge is 0.417 e. The molecule has 0 aliphatic carbocycles. The number of fused-ring (bicyclic) bond motifs is 1. The third kappa shape index (κ3) is 4.21. The van der Waals surface area contributed by atoms with Gasteiger partial charge in [0.2, 0.25) is 5.88 Å². The van der Waals surface area contributed by atoms with Crippen molar-refractivity contribution in [1.82, 2.24) is 24.6 Å². The Balaban J connectivity index is 1.43. The van der Waals surface area contributed by atoms with Gasteiger partial charge < -0.3 is 19.9 Å². The molecular formula is C20H23F2N7O2. The van der Waals surface area contributed by atoms with E-state index in [9.17, 15) is 13.6 Å². The van der Waals surface area contributed by atoms with Crippen LogP contribution in [0.4, 0.5) is 25.0 Å². The molecule has 1 saturated heterocycles. The van der Waals surface area contributed by atoms with Crippen molar-refractivity contribution < 1.29 is 18.3 Å². The van der Waals surface area contributed by atoms with E-state index in [1.165, 1.54) is 12.1 Å². The van der Waals surface area contributed by atoms with Crippen LogP contribution in [0, 0.1) is 6.92 Å². The van der Waals surface area contributed by atoms with Gasteiger partial charge >= 0.3 is 12.6 Å². The van der Waals surface area contributed by atoms with Gasteiger partial charge in [0.15, 0.2) is 5.65 Å². The number of aryl methyl sites for hydroxylation is 2. The van der Waals surface area contributed by atoms with Gasteiger partial charge in [-0.3, -0.25) is 4.68 Å². The number of hydrogen-bond acceptors (Lipinski definition) is 6. The summed E-state index contributed by atoms with van der Waals surface area (Å²) in [6.45, 7) is 2.44. The molecule has 0 spiro atoms. The zero-order valence-corrected chi connectivity index (χ0v) is 17.4. The number of carbonyl (C=O) groups is 1. The third-order valence-corrected chi connectivity index (χ3v) is 5.35. The maximum atomic E-state index is 12.8. The van der Waals surface area contributed by atoms with Crippen LogP contribution in [0.1, 0.15) is 12.6 Å². The maximum absolute atomic E-state index is 12.8. The van der Waals surface area contributed by atoms with Gasteiger partial charge in [0, 0.05) is 45.0 Å². The number of nitrogens with one attached hydrogen (secondary N) is 1.